The van der Waals surface area contributed by atoms with E-state index in [9.17, 15) is 14.4 Å². The minimum absolute atomic E-state index is 0.0263. The van der Waals surface area contributed by atoms with Gasteiger partial charge in [0, 0.05) is 17.5 Å². The predicted molar refractivity (Wildman–Crippen MR) is 93.0 cm³/mol. The van der Waals surface area contributed by atoms with Crippen LogP contribution >= 0.6 is 11.8 Å². The molecule has 2 amide bonds. The number of nitrogens with one attached hydrogen (secondary N) is 2. The summed E-state index contributed by atoms with van der Waals surface area (Å²) in [6.45, 7) is 3.25. The van der Waals surface area contributed by atoms with Crippen LogP contribution in [0.3, 0.4) is 0 Å². The van der Waals surface area contributed by atoms with Gasteiger partial charge in [-0.15, -0.1) is 11.8 Å². The van der Waals surface area contributed by atoms with Gasteiger partial charge in [0.1, 0.15) is 0 Å². The number of carbonyl (C=O) groups excluding carboxylic acids is 2. The van der Waals surface area contributed by atoms with Crippen LogP contribution in [0.5, 0.6) is 0 Å². The number of hydrogen-bond acceptors (Lipinski definition) is 4. The molecule has 1 atom stereocenters. The summed E-state index contributed by atoms with van der Waals surface area (Å²) in [5.41, 5.74) is 0.131. The van der Waals surface area contributed by atoms with E-state index in [2.05, 4.69) is 10.6 Å². The van der Waals surface area contributed by atoms with Crippen molar-refractivity contribution >= 4 is 35.2 Å². The number of carbonyl (C=O) groups is 3. The molecule has 3 N–H and O–H groups in total. The maximum absolute atomic E-state index is 12.4. The topological polar surface area (TPSA) is 95.5 Å². The molecule has 1 unspecified atom stereocenters. The van der Waals surface area contributed by atoms with E-state index in [-0.39, 0.29) is 23.5 Å². The van der Waals surface area contributed by atoms with Crippen molar-refractivity contribution in [2.24, 2.45) is 0 Å². The minimum Gasteiger partial charge on any atom is -0.481 e. The van der Waals surface area contributed by atoms with E-state index in [0.717, 1.165) is 11.3 Å². The van der Waals surface area contributed by atoms with Crippen molar-refractivity contribution < 1.29 is 19.5 Å². The Labute approximate surface area is 145 Å². The highest BCUT2D eigenvalue weighted by atomic mass is 32.2. The van der Waals surface area contributed by atoms with Crippen LogP contribution in [-0.4, -0.2) is 33.7 Å². The third kappa shape index (κ3) is 4.99. The number of benzene rings is 1. The fraction of sp³-hybridized carbons (Fsp3) is 0.471. The minimum atomic E-state index is -0.885. The van der Waals surface area contributed by atoms with Gasteiger partial charge in [0.25, 0.3) is 0 Å². The summed E-state index contributed by atoms with van der Waals surface area (Å²) < 4.78 is 0. The summed E-state index contributed by atoms with van der Waals surface area (Å²) in [6, 6.07) is 7.25. The highest BCUT2D eigenvalue weighted by Crippen LogP contribution is 2.35. The maximum atomic E-state index is 12.4. The van der Waals surface area contributed by atoms with E-state index in [1.54, 1.807) is 19.1 Å². The average molecular weight is 350 g/mol. The van der Waals surface area contributed by atoms with E-state index in [1.807, 2.05) is 12.1 Å². The lowest BCUT2D eigenvalue weighted by molar-refractivity contribution is -0.140. The first kappa shape index (κ1) is 18.3. The fourth-order valence-electron chi connectivity index (χ4n) is 2.68. The largest absolute Gasteiger partial charge is 0.481 e. The first-order valence-corrected chi connectivity index (χ1v) is 8.76. The lowest BCUT2D eigenvalue weighted by Crippen LogP contribution is -2.56. The Morgan fingerprint density at radius 1 is 1.25 bits per heavy atom. The maximum Gasteiger partial charge on any atom is 0.305 e. The fourth-order valence-corrected chi connectivity index (χ4v) is 3.55. The molecule has 1 aromatic carbocycles. The SMILES string of the molecule is CC(=O)Nc1ccc(SC(C)C(=O)NC2(CC(=O)O)CCC2)cc1. The second kappa shape index (κ2) is 7.70. The van der Waals surface area contributed by atoms with Gasteiger partial charge in [0.15, 0.2) is 0 Å². The Bertz CT molecular complexity index is 626. The zero-order valence-electron chi connectivity index (χ0n) is 13.8. The molecule has 1 fully saturated rings. The van der Waals surface area contributed by atoms with Crippen LogP contribution < -0.4 is 10.6 Å². The Morgan fingerprint density at radius 2 is 1.88 bits per heavy atom. The van der Waals surface area contributed by atoms with Gasteiger partial charge < -0.3 is 15.7 Å². The number of rotatable bonds is 7. The summed E-state index contributed by atoms with van der Waals surface area (Å²) in [6.07, 6.45) is 2.35. The van der Waals surface area contributed by atoms with E-state index in [0.29, 0.717) is 18.5 Å². The van der Waals surface area contributed by atoms with Gasteiger partial charge >= 0.3 is 5.97 Å². The molecule has 1 aliphatic rings. The second-order valence-corrected chi connectivity index (χ2v) is 7.57. The molecule has 0 aliphatic heterocycles. The highest BCUT2D eigenvalue weighted by Gasteiger charge is 2.41. The van der Waals surface area contributed by atoms with Crippen LogP contribution in [0, 0.1) is 0 Å². The molecule has 1 aromatic rings. The Kier molecular flexibility index (Phi) is 5.88. The highest BCUT2D eigenvalue weighted by molar-refractivity contribution is 8.00. The first-order chi connectivity index (χ1) is 11.3. The molecule has 6 nitrogen and oxygen atoms in total. The molecule has 0 radical (unpaired) electrons. The molecule has 1 saturated carbocycles. The number of aliphatic carboxylic acids is 1. The molecule has 0 bridgehead atoms. The monoisotopic (exact) mass is 350 g/mol. The quantitative estimate of drug-likeness (QED) is 0.657. The Hall–Kier alpha value is -2.02. The Morgan fingerprint density at radius 3 is 2.33 bits per heavy atom. The predicted octanol–water partition coefficient (Wildman–Crippen LogP) is 2.64. The smallest absolute Gasteiger partial charge is 0.305 e. The molecule has 1 aliphatic carbocycles. The molecule has 0 spiro atoms. The molecule has 24 heavy (non-hydrogen) atoms. The van der Waals surface area contributed by atoms with Gasteiger partial charge in [0.05, 0.1) is 17.2 Å². The van der Waals surface area contributed by atoms with Gasteiger partial charge in [-0.1, -0.05) is 0 Å². The zero-order chi connectivity index (χ0) is 17.7. The average Bonchev–Trinajstić information content (AvgIpc) is 2.45. The van der Waals surface area contributed by atoms with E-state index in [1.165, 1.54) is 18.7 Å². The molecule has 2 rings (SSSR count). The summed E-state index contributed by atoms with van der Waals surface area (Å²) in [4.78, 5) is 35.2. The van der Waals surface area contributed by atoms with Gasteiger partial charge in [0.2, 0.25) is 11.8 Å². The van der Waals surface area contributed by atoms with Crippen LogP contribution in [0.4, 0.5) is 5.69 Å². The van der Waals surface area contributed by atoms with Crippen LogP contribution in [0.25, 0.3) is 0 Å². The third-order valence-corrected chi connectivity index (χ3v) is 5.16. The van der Waals surface area contributed by atoms with Crippen LogP contribution in [0.1, 0.15) is 39.5 Å². The van der Waals surface area contributed by atoms with Crippen molar-refractivity contribution in [1.82, 2.24) is 5.32 Å². The molecule has 0 heterocycles. The summed E-state index contributed by atoms with van der Waals surface area (Å²) in [5, 5.41) is 14.3. The van der Waals surface area contributed by atoms with Crippen molar-refractivity contribution in [2.45, 2.75) is 55.2 Å². The lowest BCUT2D eigenvalue weighted by Gasteiger charge is -2.42. The first-order valence-electron chi connectivity index (χ1n) is 7.88. The zero-order valence-corrected chi connectivity index (χ0v) is 14.6. The number of carboxylic acids is 1. The second-order valence-electron chi connectivity index (χ2n) is 6.16. The lowest BCUT2D eigenvalue weighted by atomic mass is 9.74. The van der Waals surface area contributed by atoms with Gasteiger partial charge in [-0.2, -0.15) is 0 Å². The number of carboxylic acid groups (broad SMARTS) is 1. The van der Waals surface area contributed by atoms with Gasteiger partial charge in [-0.05, 0) is 50.5 Å². The van der Waals surface area contributed by atoms with Crippen LogP contribution in [0.15, 0.2) is 29.2 Å². The van der Waals surface area contributed by atoms with Crippen LogP contribution in [0.2, 0.25) is 0 Å². The molecular weight excluding hydrogens is 328 g/mol. The third-order valence-electron chi connectivity index (χ3n) is 4.05. The summed E-state index contributed by atoms with van der Waals surface area (Å²) in [7, 11) is 0. The van der Waals surface area contributed by atoms with Crippen molar-refractivity contribution in [3.63, 3.8) is 0 Å². The summed E-state index contributed by atoms with van der Waals surface area (Å²) in [5.74, 6) is -1.16. The Balaban J connectivity index is 1.91. The molecular formula is C17H22N2O4S. The standard InChI is InChI=1S/C17H22N2O4S/c1-11(16(23)19-17(8-3-9-17)10-15(21)22)24-14-6-4-13(5-7-14)18-12(2)20/h4-7,11H,3,8-10H2,1-2H3,(H,18,20)(H,19,23)(H,21,22). The molecule has 7 heteroatoms. The normalized spacial score (nSPS) is 16.6. The van der Waals surface area contributed by atoms with E-state index < -0.39 is 11.5 Å². The van der Waals surface area contributed by atoms with Gasteiger partial charge in [-0.3, -0.25) is 14.4 Å². The van der Waals surface area contributed by atoms with Crippen molar-refractivity contribution in [3.8, 4) is 0 Å². The molecule has 130 valence electrons. The van der Waals surface area contributed by atoms with Crippen LogP contribution in [-0.2, 0) is 14.4 Å². The number of thioether (sulfide) groups is 1. The number of amides is 2. The van der Waals surface area contributed by atoms with Crippen molar-refractivity contribution in [3.05, 3.63) is 24.3 Å². The summed E-state index contributed by atoms with van der Waals surface area (Å²) >= 11 is 1.40. The molecule has 0 aromatic heterocycles. The van der Waals surface area contributed by atoms with E-state index in [4.69, 9.17) is 5.11 Å². The van der Waals surface area contributed by atoms with E-state index >= 15 is 0 Å². The molecule has 0 saturated heterocycles. The number of anilines is 1. The van der Waals surface area contributed by atoms with Crippen molar-refractivity contribution in [2.75, 3.05) is 5.32 Å². The number of hydrogen-bond donors (Lipinski definition) is 3. The van der Waals surface area contributed by atoms with Crippen molar-refractivity contribution in [1.29, 1.82) is 0 Å². The van der Waals surface area contributed by atoms with Gasteiger partial charge in [-0.25, -0.2) is 0 Å².